The van der Waals surface area contributed by atoms with E-state index in [2.05, 4.69) is 74.5 Å². The van der Waals surface area contributed by atoms with Gasteiger partial charge in [0.2, 0.25) is 0 Å². The van der Waals surface area contributed by atoms with Gasteiger partial charge in [0.05, 0.1) is 29.4 Å². The number of imidazole rings is 1. The Labute approximate surface area is 239 Å². The highest BCUT2D eigenvalue weighted by atomic mass is 16.3. The van der Waals surface area contributed by atoms with Gasteiger partial charge in [-0.25, -0.2) is 4.98 Å². The molecule has 1 saturated heterocycles. The fraction of sp³-hybridized carbons (Fsp3) is 0.273. The molecule has 1 aliphatic rings. The first kappa shape index (κ1) is 26.8. The van der Waals surface area contributed by atoms with Crippen LogP contribution in [0.3, 0.4) is 0 Å². The van der Waals surface area contributed by atoms with Crippen LogP contribution >= 0.6 is 0 Å². The first-order chi connectivity index (χ1) is 20.1. The molecule has 4 N–H and O–H groups in total. The quantitative estimate of drug-likeness (QED) is 0.215. The zero-order valence-electron chi connectivity index (χ0n) is 23.3. The van der Waals surface area contributed by atoms with E-state index in [0.717, 1.165) is 60.6 Å². The van der Waals surface area contributed by atoms with Crippen molar-refractivity contribution >= 4 is 22.4 Å². The van der Waals surface area contributed by atoms with Crippen molar-refractivity contribution in [3.63, 3.8) is 0 Å². The zero-order valence-corrected chi connectivity index (χ0v) is 23.3. The summed E-state index contributed by atoms with van der Waals surface area (Å²) in [6.45, 7) is 6.89. The van der Waals surface area contributed by atoms with Gasteiger partial charge < -0.3 is 25.3 Å². The van der Waals surface area contributed by atoms with Crippen LogP contribution in [-0.4, -0.2) is 63.8 Å². The number of aryl methyl sites for hydroxylation is 1. The highest BCUT2D eigenvalue weighted by Crippen LogP contribution is 2.30. The van der Waals surface area contributed by atoms with Crippen LogP contribution < -0.4 is 15.8 Å². The van der Waals surface area contributed by atoms with Crippen LogP contribution in [-0.2, 0) is 13.0 Å². The third-order valence-electron chi connectivity index (χ3n) is 7.85. The summed E-state index contributed by atoms with van der Waals surface area (Å²) in [5, 5.41) is 13.5. The second-order valence-electron chi connectivity index (χ2n) is 10.8. The lowest BCUT2D eigenvalue weighted by Crippen LogP contribution is -2.46. The maximum absolute atomic E-state index is 13.1. The molecule has 0 bridgehead atoms. The van der Waals surface area contributed by atoms with Gasteiger partial charge in [-0.1, -0.05) is 60.7 Å². The van der Waals surface area contributed by atoms with Crippen LogP contribution in [0, 0.1) is 6.92 Å². The van der Waals surface area contributed by atoms with E-state index in [1.54, 1.807) is 6.20 Å². The summed E-state index contributed by atoms with van der Waals surface area (Å²) in [5.74, 6) is 0.508. The van der Waals surface area contributed by atoms with Crippen LogP contribution in [0.1, 0.15) is 16.7 Å². The largest absolute Gasteiger partial charge is 0.394 e. The molecule has 2 aromatic heterocycles. The molecule has 0 amide bonds. The van der Waals surface area contributed by atoms with Crippen LogP contribution in [0.15, 0.2) is 89.9 Å². The van der Waals surface area contributed by atoms with Gasteiger partial charge in [-0.3, -0.25) is 9.69 Å². The molecule has 6 rings (SSSR count). The van der Waals surface area contributed by atoms with Crippen LogP contribution in [0.2, 0.25) is 0 Å². The number of pyridine rings is 1. The van der Waals surface area contributed by atoms with Crippen molar-refractivity contribution in [3.05, 3.63) is 112 Å². The lowest BCUT2D eigenvalue weighted by molar-refractivity contribution is 0.250. The molecule has 8 heteroatoms. The molecule has 41 heavy (non-hydrogen) atoms. The lowest BCUT2D eigenvalue weighted by atomic mass is 10.1. The van der Waals surface area contributed by atoms with E-state index in [-0.39, 0.29) is 18.2 Å². The number of benzene rings is 3. The molecule has 0 spiro atoms. The summed E-state index contributed by atoms with van der Waals surface area (Å²) in [5.41, 5.74) is 7.26. The molecule has 0 aliphatic carbocycles. The molecule has 3 heterocycles. The molecule has 1 aliphatic heterocycles. The van der Waals surface area contributed by atoms with Gasteiger partial charge >= 0.3 is 0 Å². The average Bonchev–Trinajstić information content (AvgIpc) is 3.43. The summed E-state index contributed by atoms with van der Waals surface area (Å²) in [7, 11) is 0. The van der Waals surface area contributed by atoms with Crippen LogP contribution in [0.25, 0.3) is 22.4 Å². The summed E-state index contributed by atoms with van der Waals surface area (Å²) in [6.07, 6.45) is 2.25. The number of nitrogens with one attached hydrogen (secondary N) is 3. The Morgan fingerprint density at radius 1 is 0.951 bits per heavy atom. The lowest BCUT2D eigenvalue weighted by Gasteiger charge is -2.36. The van der Waals surface area contributed by atoms with Gasteiger partial charge in [-0.05, 0) is 48.2 Å². The molecule has 0 unspecified atom stereocenters. The number of rotatable bonds is 9. The Hall–Kier alpha value is -4.40. The summed E-state index contributed by atoms with van der Waals surface area (Å²) < 4.78 is 0. The number of fused-ring (bicyclic) bond motifs is 1. The molecule has 0 saturated carbocycles. The molecule has 1 fully saturated rings. The van der Waals surface area contributed by atoms with E-state index >= 15 is 0 Å². The predicted octanol–water partition coefficient (Wildman–Crippen LogP) is 4.56. The predicted molar refractivity (Wildman–Crippen MR) is 165 cm³/mol. The second kappa shape index (κ2) is 12.0. The number of anilines is 2. The third kappa shape index (κ3) is 6.04. The topological polar surface area (TPSA) is 100 Å². The monoisotopic (exact) mass is 548 g/mol. The van der Waals surface area contributed by atoms with Crippen molar-refractivity contribution in [3.8, 4) is 11.4 Å². The van der Waals surface area contributed by atoms with E-state index in [9.17, 15) is 9.90 Å². The number of hydrogen-bond acceptors (Lipinski definition) is 6. The molecule has 210 valence electrons. The number of aliphatic hydroxyl groups is 1. The highest BCUT2D eigenvalue weighted by molar-refractivity contribution is 5.87. The third-order valence-corrected chi connectivity index (χ3v) is 7.85. The first-order valence-corrected chi connectivity index (χ1v) is 14.2. The number of aromatic amines is 2. The van der Waals surface area contributed by atoms with Crippen LogP contribution in [0.5, 0.6) is 0 Å². The number of piperazine rings is 1. The molecular weight excluding hydrogens is 512 g/mol. The number of aromatic nitrogens is 3. The fourth-order valence-electron chi connectivity index (χ4n) is 5.69. The standard InChI is InChI=1S/C33H36N6O2/c1-23-18-27(39-16-14-38(15-17-39)21-25-10-6-3-7-11-25)20-29-31(23)37-32(36-29)30-28(12-13-34-33(30)41)35-26(22-40)19-24-8-4-2-5-9-24/h2-13,18,20,26,40H,14-17,19,21-22H2,1H3,(H,36,37)(H2,34,35,41)/t26-/m1/s1. The Kier molecular flexibility index (Phi) is 7.84. The molecule has 3 aromatic carbocycles. The molecule has 0 radical (unpaired) electrons. The molecule has 8 nitrogen and oxygen atoms in total. The molecular formula is C33H36N6O2. The number of aliphatic hydroxyl groups excluding tert-OH is 1. The second-order valence-corrected chi connectivity index (χ2v) is 10.8. The van der Waals surface area contributed by atoms with Crippen LogP contribution in [0.4, 0.5) is 11.4 Å². The van der Waals surface area contributed by atoms with Gasteiger partial charge in [0.1, 0.15) is 11.4 Å². The maximum Gasteiger partial charge on any atom is 0.261 e. The van der Waals surface area contributed by atoms with E-state index in [4.69, 9.17) is 4.98 Å². The van der Waals surface area contributed by atoms with Crippen molar-refractivity contribution in [2.75, 3.05) is 43.0 Å². The Balaban J connectivity index is 1.22. The van der Waals surface area contributed by atoms with E-state index in [1.807, 2.05) is 36.4 Å². The fourth-order valence-corrected chi connectivity index (χ4v) is 5.69. The van der Waals surface area contributed by atoms with Crippen molar-refractivity contribution < 1.29 is 5.11 Å². The molecule has 5 aromatic rings. The smallest absolute Gasteiger partial charge is 0.261 e. The Morgan fingerprint density at radius 3 is 2.37 bits per heavy atom. The normalized spacial score (nSPS) is 14.8. The van der Waals surface area contributed by atoms with E-state index in [0.29, 0.717) is 23.5 Å². The number of hydrogen-bond donors (Lipinski definition) is 4. The first-order valence-electron chi connectivity index (χ1n) is 14.2. The summed E-state index contributed by atoms with van der Waals surface area (Å²) in [6, 6.07) is 26.5. The van der Waals surface area contributed by atoms with Crippen molar-refractivity contribution in [2.45, 2.75) is 25.9 Å². The van der Waals surface area contributed by atoms with Gasteiger partial charge in [-0.15, -0.1) is 0 Å². The van der Waals surface area contributed by atoms with Crippen molar-refractivity contribution in [1.82, 2.24) is 19.9 Å². The summed E-state index contributed by atoms with van der Waals surface area (Å²) >= 11 is 0. The average molecular weight is 549 g/mol. The minimum absolute atomic E-state index is 0.0671. The summed E-state index contributed by atoms with van der Waals surface area (Å²) in [4.78, 5) is 29.1. The van der Waals surface area contributed by atoms with E-state index < -0.39 is 0 Å². The van der Waals surface area contributed by atoms with Gasteiger partial charge in [0.15, 0.2) is 0 Å². The Morgan fingerprint density at radius 2 is 1.66 bits per heavy atom. The minimum atomic E-state index is -0.253. The molecule has 1 atom stereocenters. The SMILES string of the molecule is Cc1cc(N2CCN(Cc3ccccc3)CC2)cc2[nH]c(-c3c(N[C@@H](CO)Cc4ccccc4)cc[nH]c3=O)nc12. The van der Waals surface area contributed by atoms with Crippen molar-refractivity contribution in [2.24, 2.45) is 0 Å². The van der Waals surface area contributed by atoms with Gasteiger partial charge in [0, 0.05) is 44.6 Å². The minimum Gasteiger partial charge on any atom is -0.394 e. The Bertz CT molecular complexity index is 1660. The van der Waals surface area contributed by atoms with E-state index in [1.165, 1.54) is 5.56 Å². The van der Waals surface area contributed by atoms with Gasteiger partial charge in [0.25, 0.3) is 5.56 Å². The highest BCUT2D eigenvalue weighted by Gasteiger charge is 2.21. The zero-order chi connectivity index (χ0) is 28.2. The number of nitrogens with zero attached hydrogens (tertiary/aromatic N) is 3. The van der Waals surface area contributed by atoms with Crippen molar-refractivity contribution in [1.29, 1.82) is 0 Å². The maximum atomic E-state index is 13.1. The number of H-pyrrole nitrogens is 2. The van der Waals surface area contributed by atoms with Gasteiger partial charge in [-0.2, -0.15) is 0 Å².